The highest BCUT2D eigenvalue weighted by Crippen LogP contribution is 2.27. The number of halogens is 2. The molecule has 2 rings (SSSR count). The smallest absolute Gasteiger partial charge is 0.138 e. The van der Waals surface area contributed by atoms with Gasteiger partial charge in [-0.1, -0.05) is 47.2 Å². The minimum atomic E-state index is 0.541. The van der Waals surface area contributed by atoms with Crippen LogP contribution in [0.5, 0.6) is 5.75 Å². The first-order chi connectivity index (χ1) is 9.16. The molecule has 0 atom stereocenters. The van der Waals surface area contributed by atoms with E-state index in [4.69, 9.17) is 40.2 Å². The van der Waals surface area contributed by atoms with Crippen molar-refractivity contribution in [2.75, 3.05) is 25.4 Å². The Balaban J connectivity index is 1.70. The molecule has 0 saturated carbocycles. The van der Waals surface area contributed by atoms with E-state index in [9.17, 15) is 0 Å². The third-order valence-corrected chi connectivity index (χ3v) is 4.84. The average molecular weight is 336 g/mol. The van der Waals surface area contributed by atoms with E-state index >= 15 is 0 Å². The fourth-order valence-corrected chi connectivity index (χ4v) is 3.47. The van der Waals surface area contributed by atoms with Gasteiger partial charge < -0.3 is 9.64 Å². The lowest BCUT2D eigenvalue weighted by Gasteiger charge is -2.17. The summed E-state index contributed by atoms with van der Waals surface area (Å²) in [5.74, 6) is 1.49. The van der Waals surface area contributed by atoms with E-state index in [1.807, 2.05) is 0 Å². The summed E-state index contributed by atoms with van der Waals surface area (Å²) in [5, 5.41) is 1.15. The van der Waals surface area contributed by atoms with Crippen LogP contribution in [0.25, 0.3) is 0 Å². The summed E-state index contributed by atoms with van der Waals surface area (Å²) in [6, 6.07) is 5.24. The van der Waals surface area contributed by atoms with Gasteiger partial charge in [0, 0.05) is 23.9 Å². The predicted molar refractivity (Wildman–Crippen MR) is 87.8 cm³/mol. The van der Waals surface area contributed by atoms with Gasteiger partial charge in [-0.15, -0.1) is 0 Å². The Hall–Kier alpha value is -0.160. The van der Waals surface area contributed by atoms with Crippen LogP contribution in [0.4, 0.5) is 0 Å². The van der Waals surface area contributed by atoms with Gasteiger partial charge in [-0.25, -0.2) is 0 Å². The Bertz CT molecular complexity index is 450. The van der Waals surface area contributed by atoms with Crippen LogP contribution in [0.15, 0.2) is 18.2 Å². The summed E-state index contributed by atoms with van der Waals surface area (Å²) in [4.78, 5) is 2.26. The molecule has 1 saturated heterocycles. The quantitative estimate of drug-likeness (QED) is 0.593. The van der Waals surface area contributed by atoms with Crippen LogP contribution in [-0.2, 0) is 0 Å². The maximum Gasteiger partial charge on any atom is 0.138 e. The normalized spacial score (nSPS) is 14.7. The first-order valence-corrected chi connectivity index (χ1v) is 8.31. The van der Waals surface area contributed by atoms with Crippen molar-refractivity contribution in [1.29, 1.82) is 0 Å². The molecule has 0 N–H and O–H groups in total. The Kier molecular flexibility index (Phi) is 6.07. The van der Waals surface area contributed by atoms with Crippen molar-refractivity contribution in [1.82, 2.24) is 4.90 Å². The zero-order valence-electron chi connectivity index (χ0n) is 10.4. The molecule has 0 amide bonds. The zero-order chi connectivity index (χ0) is 13.7. The summed E-state index contributed by atoms with van der Waals surface area (Å²) >= 11 is 18.9. The number of rotatable bonds is 4. The molecule has 1 fully saturated rings. The second-order valence-corrected chi connectivity index (χ2v) is 6.80. The van der Waals surface area contributed by atoms with Gasteiger partial charge in [0.1, 0.15) is 10.1 Å². The van der Waals surface area contributed by atoms with Crippen LogP contribution >= 0.6 is 47.2 Å². The minimum Gasteiger partial charge on any atom is -0.491 e. The molecule has 1 aliphatic rings. The van der Waals surface area contributed by atoms with Crippen molar-refractivity contribution >= 4 is 51.5 Å². The fourth-order valence-electron chi connectivity index (χ4n) is 1.86. The summed E-state index contributed by atoms with van der Waals surface area (Å²) in [6.45, 7) is 2.77. The Morgan fingerprint density at radius 2 is 2.05 bits per heavy atom. The molecule has 6 heteroatoms. The molecule has 1 aromatic rings. The van der Waals surface area contributed by atoms with Crippen molar-refractivity contribution in [3.05, 3.63) is 28.2 Å². The van der Waals surface area contributed by atoms with Crippen molar-refractivity contribution < 1.29 is 4.74 Å². The standard InChI is InChI=1S/C13H15Cl2NOS2/c14-10-3-4-12(11(15)9-10)17-7-8-19-13(18)16-5-1-2-6-16/h3-4,9H,1-2,5-8H2. The minimum absolute atomic E-state index is 0.541. The number of hydrogen-bond acceptors (Lipinski definition) is 3. The topological polar surface area (TPSA) is 12.5 Å². The molecule has 1 heterocycles. The fraction of sp³-hybridized carbons (Fsp3) is 0.462. The Morgan fingerprint density at radius 1 is 1.32 bits per heavy atom. The second kappa shape index (κ2) is 7.58. The number of benzene rings is 1. The molecule has 2 nitrogen and oxygen atoms in total. The van der Waals surface area contributed by atoms with Crippen LogP contribution in [0.1, 0.15) is 12.8 Å². The molecule has 0 bridgehead atoms. The van der Waals surface area contributed by atoms with Crippen LogP contribution in [-0.4, -0.2) is 34.7 Å². The lowest BCUT2D eigenvalue weighted by atomic mass is 10.3. The maximum atomic E-state index is 6.02. The first-order valence-electron chi connectivity index (χ1n) is 6.16. The molecule has 0 aliphatic carbocycles. The second-order valence-electron chi connectivity index (χ2n) is 4.23. The molecule has 1 aliphatic heterocycles. The highest BCUT2D eigenvalue weighted by atomic mass is 35.5. The molecule has 0 aromatic heterocycles. The summed E-state index contributed by atoms with van der Waals surface area (Å²) in [7, 11) is 0. The zero-order valence-corrected chi connectivity index (χ0v) is 13.5. The average Bonchev–Trinajstić information content (AvgIpc) is 2.90. The SMILES string of the molecule is S=C(SCCOc1ccc(Cl)cc1Cl)N1CCCC1. The number of ether oxygens (including phenoxy) is 1. The molecule has 104 valence electrons. The van der Waals surface area contributed by atoms with E-state index < -0.39 is 0 Å². The summed E-state index contributed by atoms with van der Waals surface area (Å²) in [5.41, 5.74) is 0. The molecular formula is C13H15Cl2NOS2. The largest absolute Gasteiger partial charge is 0.491 e. The van der Waals surface area contributed by atoms with Crippen LogP contribution in [0.2, 0.25) is 10.0 Å². The number of thioether (sulfide) groups is 1. The summed E-state index contributed by atoms with van der Waals surface area (Å²) in [6.07, 6.45) is 2.50. The Labute approximate surface area is 133 Å². The molecule has 0 unspecified atom stereocenters. The maximum absolute atomic E-state index is 6.02. The van der Waals surface area contributed by atoms with Gasteiger partial charge in [-0.05, 0) is 31.0 Å². The lowest BCUT2D eigenvalue weighted by Crippen LogP contribution is -2.24. The van der Waals surface area contributed by atoms with Crippen molar-refractivity contribution in [2.45, 2.75) is 12.8 Å². The van der Waals surface area contributed by atoms with E-state index in [1.165, 1.54) is 12.8 Å². The highest BCUT2D eigenvalue weighted by molar-refractivity contribution is 8.22. The first kappa shape index (κ1) is 15.2. The number of likely N-dealkylation sites (tertiary alicyclic amines) is 1. The number of nitrogens with zero attached hydrogens (tertiary/aromatic N) is 1. The molecule has 0 radical (unpaired) electrons. The van der Waals surface area contributed by atoms with Crippen LogP contribution in [0.3, 0.4) is 0 Å². The van der Waals surface area contributed by atoms with Crippen LogP contribution in [0, 0.1) is 0 Å². The van der Waals surface area contributed by atoms with E-state index in [-0.39, 0.29) is 0 Å². The van der Waals surface area contributed by atoms with Crippen LogP contribution < -0.4 is 4.74 Å². The van der Waals surface area contributed by atoms with E-state index in [0.29, 0.717) is 22.4 Å². The van der Waals surface area contributed by atoms with Gasteiger partial charge in [0.05, 0.1) is 11.6 Å². The van der Waals surface area contributed by atoms with Crippen molar-refractivity contribution in [3.63, 3.8) is 0 Å². The number of thiocarbonyl (C=S) groups is 1. The van der Waals surface area contributed by atoms with Gasteiger partial charge in [0.25, 0.3) is 0 Å². The molecular weight excluding hydrogens is 321 g/mol. The van der Waals surface area contributed by atoms with Gasteiger partial charge in [0.15, 0.2) is 0 Å². The van der Waals surface area contributed by atoms with Gasteiger partial charge in [0.2, 0.25) is 0 Å². The molecule has 0 spiro atoms. The van der Waals surface area contributed by atoms with Crippen molar-refractivity contribution in [3.8, 4) is 5.75 Å². The molecule has 1 aromatic carbocycles. The van der Waals surface area contributed by atoms with Crippen molar-refractivity contribution in [2.24, 2.45) is 0 Å². The van der Waals surface area contributed by atoms with Gasteiger partial charge in [-0.3, -0.25) is 0 Å². The van der Waals surface area contributed by atoms with E-state index in [1.54, 1.807) is 30.0 Å². The van der Waals surface area contributed by atoms with E-state index in [0.717, 1.165) is 23.2 Å². The van der Waals surface area contributed by atoms with Gasteiger partial charge >= 0.3 is 0 Å². The number of hydrogen-bond donors (Lipinski definition) is 0. The Morgan fingerprint density at radius 3 is 2.74 bits per heavy atom. The predicted octanol–water partition coefficient (Wildman–Crippen LogP) is 4.49. The lowest BCUT2D eigenvalue weighted by molar-refractivity contribution is 0.344. The highest BCUT2D eigenvalue weighted by Gasteiger charge is 2.14. The monoisotopic (exact) mass is 335 g/mol. The van der Waals surface area contributed by atoms with Gasteiger partial charge in [-0.2, -0.15) is 0 Å². The molecule has 19 heavy (non-hydrogen) atoms. The van der Waals surface area contributed by atoms with E-state index in [2.05, 4.69) is 4.90 Å². The third-order valence-electron chi connectivity index (χ3n) is 2.82. The summed E-state index contributed by atoms with van der Waals surface area (Å²) < 4.78 is 6.59. The third kappa shape index (κ3) is 4.71.